The molecule has 2 aliphatic heterocycles. The minimum Gasteiger partial charge on any atom is -0.305 e. The lowest BCUT2D eigenvalue weighted by atomic mass is 10.1. The molecule has 7 heteroatoms. The number of carbonyl (C=O) groups is 1. The number of guanidine groups is 1. The summed E-state index contributed by atoms with van der Waals surface area (Å²) in [5, 5.41) is 0. The Morgan fingerprint density at radius 2 is 1.81 bits per heavy atom. The van der Waals surface area contributed by atoms with Gasteiger partial charge in [-0.15, -0.1) is 0 Å². The van der Waals surface area contributed by atoms with Crippen molar-refractivity contribution in [1.82, 2.24) is 14.5 Å². The molecule has 6 nitrogen and oxygen atoms in total. The number of anilines is 1. The molecule has 1 aromatic heterocycles. The molecule has 2 aliphatic rings. The number of carbonyl (C=O) groups excluding carboxylic acids is 1. The molecule has 0 saturated heterocycles. The van der Waals surface area contributed by atoms with Crippen LogP contribution in [0, 0.1) is 11.7 Å². The molecule has 0 saturated carbocycles. The Kier molecular flexibility index (Phi) is 5.04. The van der Waals surface area contributed by atoms with Crippen LogP contribution in [-0.4, -0.2) is 45.4 Å². The van der Waals surface area contributed by atoms with Crippen molar-refractivity contribution in [1.29, 1.82) is 0 Å². The van der Waals surface area contributed by atoms with Crippen molar-refractivity contribution in [2.24, 2.45) is 10.9 Å². The predicted octanol–water partition coefficient (Wildman–Crippen LogP) is 4.41. The summed E-state index contributed by atoms with van der Waals surface area (Å²) in [6.45, 7) is 8.03. The first-order valence-corrected chi connectivity index (χ1v) is 11.1. The number of hydrogen-bond acceptors (Lipinski definition) is 4. The summed E-state index contributed by atoms with van der Waals surface area (Å²) in [5.41, 5.74) is 2.29. The molecule has 2 aromatic carbocycles. The third-order valence-electron chi connectivity index (χ3n) is 6.15. The van der Waals surface area contributed by atoms with E-state index in [-0.39, 0.29) is 17.8 Å². The van der Waals surface area contributed by atoms with Crippen LogP contribution >= 0.6 is 0 Å². The van der Waals surface area contributed by atoms with Crippen LogP contribution in [0.2, 0.25) is 0 Å². The van der Waals surface area contributed by atoms with Gasteiger partial charge in [-0.05, 0) is 42.7 Å². The van der Waals surface area contributed by atoms with Gasteiger partial charge in [-0.25, -0.2) is 14.4 Å². The van der Waals surface area contributed by atoms with Gasteiger partial charge in [0.25, 0.3) is 5.91 Å². The van der Waals surface area contributed by atoms with Crippen LogP contribution in [0.1, 0.15) is 36.8 Å². The normalized spacial score (nSPS) is 17.6. The molecular weight excluding hydrogens is 405 g/mol. The first-order valence-electron chi connectivity index (χ1n) is 11.1. The lowest BCUT2D eigenvalue weighted by Gasteiger charge is -2.33. The van der Waals surface area contributed by atoms with Gasteiger partial charge in [0.1, 0.15) is 17.5 Å². The average molecular weight is 432 g/mol. The van der Waals surface area contributed by atoms with E-state index in [1.165, 1.54) is 12.1 Å². The Morgan fingerprint density at radius 3 is 2.47 bits per heavy atom. The van der Waals surface area contributed by atoms with Gasteiger partial charge >= 0.3 is 0 Å². The molecule has 0 N–H and O–H groups in total. The van der Waals surface area contributed by atoms with E-state index in [4.69, 9.17) is 9.98 Å². The molecule has 5 rings (SSSR count). The molecule has 0 unspecified atom stereocenters. The second-order valence-electron chi connectivity index (χ2n) is 8.59. The Balaban J connectivity index is 1.71. The maximum Gasteiger partial charge on any atom is 0.283 e. The molecule has 0 aliphatic carbocycles. The zero-order chi connectivity index (χ0) is 22.4. The quantitative estimate of drug-likeness (QED) is 0.601. The molecule has 32 heavy (non-hydrogen) atoms. The van der Waals surface area contributed by atoms with Crippen LogP contribution in [0.3, 0.4) is 0 Å². The van der Waals surface area contributed by atoms with Crippen LogP contribution in [0.5, 0.6) is 0 Å². The molecule has 0 bridgehead atoms. The van der Waals surface area contributed by atoms with E-state index in [1.54, 1.807) is 17.0 Å². The fourth-order valence-corrected chi connectivity index (χ4v) is 4.38. The summed E-state index contributed by atoms with van der Waals surface area (Å²) in [4.78, 5) is 27.0. The van der Waals surface area contributed by atoms with Crippen molar-refractivity contribution < 1.29 is 9.18 Å². The van der Waals surface area contributed by atoms with Gasteiger partial charge in [-0.1, -0.05) is 44.2 Å². The van der Waals surface area contributed by atoms with E-state index in [0.29, 0.717) is 43.0 Å². The number of amides is 1. The highest BCUT2D eigenvalue weighted by Gasteiger charge is 2.44. The monoisotopic (exact) mass is 431 g/mol. The molecule has 3 aromatic rings. The highest BCUT2D eigenvalue weighted by Crippen LogP contribution is 2.37. The van der Waals surface area contributed by atoms with Crippen molar-refractivity contribution in [2.75, 3.05) is 18.0 Å². The highest BCUT2D eigenvalue weighted by molar-refractivity contribution is 6.18. The predicted molar refractivity (Wildman–Crippen MR) is 123 cm³/mol. The van der Waals surface area contributed by atoms with Gasteiger partial charge in [0, 0.05) is 12.1 Å². The molecule has 1 atom stereocenters. The largest absolute Gasteiger partial charge is 0.305 e. The van der Waals surface area contributed by atoms with E-state index in [9.17, 15) is 9.18 Å². The number of aromatic nitrogens is 2. The summed E-state index contributed by atoms with van der Waals surface area (Å²) in [6.07, 6.45) is 0. The van der Waals surface area contributed by atoms with E-state index in [2.05, 4.69) is 35.4 Å². The number of hydrogen-bond donors (Lipinski definition) is 0. The van der Waals surface area contributed by atoms with Crippen molar-refractivity contribution in [3.63, 3.8) is 0 Å². The zero-order valence-corrected chi connectivity index (χ0v) is 18.5. The van der Waals surface area contributed by atoms with E-state index >= 15 is 0 Å². The smallest absolute Gasteiger partial charge is 0.283 e. The van der Waals surface area contributed by atoms with Crippen molar-refractivity contribution in [3.05, 3.63) is 71.7 Å². The summed E-state index contributed by atoms with van der Waals surface area (Å²) >= 11 is 0. The molecule has 1 amide bonds. The fraction of sp³-hybridized carbons (Fsp3) is 0.320. The van der Waals surface area contributed by atoms with Crippen LogP contribution in [0.25, 0.3) is 11.4 Å². The molecule has 0 fully saturated rings. The van der Waals surface area contributed by atoms with Gasteiger partial charge in [0.05, 0.1) is 19.1 Å². The summed E-state index contributed by atoms with van der Waals surface area (Å²) < 4.78 is 15.7. The summed E-state index contributed by atoms with van der Waals surface area (Å²) in [7, 11) is 0. The van der Waals surface area contributed by atoms with Gasteiger partial charge in [-0.2, -0.15) is 0 Å². The van der Waals surface area contributed by atoms with Crippen LogP contribution in [-0.2, 0) is 6.54 Å². The van der Waals surface area contributed by atoms with Gasteiger partial charge in [0.15, 0.2) is 5.69 Å². The first-order chi connectivity index (χ1) is 15.5. The second-order valence-corrected chi connectivity index (χ2v) is 8.59. The first kappa shape index (κ1) is 20.4. The Morgan fingerprint density at radius 1 is 1.09 bits per heavy atom. The van der Waals surface area contributed by atoms with E-state index in [0.717, 1.165) is 16.9 Å². The van der Waals surface area contributed by atoms with Gasteiger partial charge in [0.2, 0.25) is 5.96 Å². The maximum absolute atomic E-state index is 13.6. The fourth-order valence-electron chi connectivity index (χ4n) is 4.38. The third kappa shape index (κ3) is 3.28. The maximum atomic E-state index is 13.6. The lowest BCUT2D eigenvalue weighted by Crippen LogP contribution is -2.50. The topological polar surface area (TPSA) is 53.7 Å². The highest BCUT2D eigenvalue weighted by atomic mass is 19.1. The number of halogens is 1. The molecule has 0 radical (unpaired) electrons. The summed E-state index contributed by atoms with van der Waals surface area (Å²) in [5.74, 6) is 2.03. The molecule has 3 heterocycles. The van der Waals surface area contributed by atoms with Crippen molar-refractivity contribution in [2.45, 2.75) is 33.4 Å². The number of imidazole rings is 1. The minimum atomic E-state index is -0.304. The van der Waals surface area contributed by atoms with Gasteiger partial charge < -0.3 is 4.57 Å². The van der Waals surface area contributed by atoms with E-state index < -0.39 is 0 Å². The second kappa shape index (κ2) is 7.89. The Bertz CT molecular complexity index is 1180. The van der Waals surface area contributed by atoms with Crippen molar-refractivity contribution >= 4 is 17.7 Å². The molecule has 0 spiro atoms. The zero-order valence-electron chi connectivity index (χ0n) is 18.5. The average Bonchev–Trinajstić information content (AvgIpc) is 3.38. The van der Waals surface area contributed by atoms with E-state index in [1.807, 2.05) is 25.1 Å². The number of aliphatic imine (C=N–C) groups is 1. The van der Waals surface area contributed by atoms with Crippen LogP contribution in [0.15, 0.2) is 59.6 Å². The Labute approximate surface area is 187 Å². The number of rotatable bonds is 5. The molecule has 164 valence electrons. The lowest BCUT2D eigenvalue weighted by molar-refractivity contribution is 0.0841. The van der Waals surface area contributed by atoms with Crippen LogP contribution in [0.4, 0.5) is 10.2 Å². The summed E-state index contributed by atoms with van der Waals surface area (Å²) in [6, 6.07) is 16.5. The number of benzene rings is 2. The SMILES string of the molecule is CCN1C(=O)c2nc(-c3ccc(F)cc3)n(Cc3ccccc3)c2N2C[C@@H](C(C)C)N=C12. The van der Waals surface area contributed by atoms with Crippen LogP contribution < -0.4 is 4.90 Å². The molecular formula is C25H26FN5O. The number of nitrogens with zero attached hydrogens (tertiary/aromatic N) is 5. The standard InChI is InChI=1S/C25H26FN5O/c1-4-29-24(32)21-23(31-15-20(16(2)3)27-25(29)31)30(14-17-8-6-5-7-9-17)22(28-21)18-10-12-19(26)13-11-18/h5-13,16,20H,4,14-15H2,1-3H3/t20-/m0/s1. The minimum absolute atomic E-state index is 0.104. The Hall–Kier alpha value is -3.48. The number of fused-ring (bicyclic) bond motifs is 3. The third-order valence-corrected chi connectivity index (χ3v) is 6.15. The van der Waals surface area contributed by atoms with Crippen molar-refractivity contribution in [3.8, 4) is 11.4 Å². The van der Waals surface area contributed by atoms with Gasteiger partial charge in [-0.3, -0.25) is 14.6 Å².